The van der Waals surface area contributed by atoms with Gasteiger partial charge in [-0.1, -0.05) is 0 Å². The molecule has 0 N–H and O–H groups in total. The smallest absolute Gasteiger partial charge is 0.403 e. The second-order valence-electron chi connectivity index (χ2n) is 0.558. The van der Waals surface area contributed by atoms with Crippen LogP contribution in [0.25, 0.3) is 0 Å². The lowest BCUT2D eigenvalue weighted by Crippen LogP contribution is -1.40. The highest BCUT2D eigenvalue weighted by molar-refractivity contribution is 7.26. The van der Waals surface area contributed by atoms with E-state index in [1.807, 2.05) is 0 Å². The van der Waals surface area contributed by atoms with E-state index in [4.69, 9.17) is 0 Å². The lowest BCUT2D eigenvalue weighted by atomic mass is 11.1. The summed E-state index contributed by atoms with van der Waals surface area (Å²) in [5.74, 6) is 0. The van der Waals surface area contributed by atoms with Crippen LogP contribution >= 0.6 is 9.03 Å². The molecule has 0 saturated heterocycles. The molecule has 2 nitrogen and oxygen atoms in total. The number of hydrogen-bond donors (Lipinski definition) is 0. The Morgan fingerprint density at radius 2 is 1.80 bits per heavy atom. The molecule has 0 aromatic carbocycles. The molecule has 0 spiro atoms. The Labute approximate surface area is 31.7 Å². The highest BCUT2D eigenvalue weighted by Crippen LogP contribution is 2.19. The van der Waals surface area contributed by atoms with Crippen LogP contribution < -0.4 is 0 Å². The van der Waals surface area contributed by atoms with Gasteiger partial charge in [0, 0.05) is 0 Å². The van der Waals surface area contributed by atoms with Crippen LogP contribution in [0.15, 0.2) is 12.5 Å². The summed E-state index contributed by atoms with van der Waals surface area (Å²) in [5, 5.41) is 0. The highest BCUT2D eigenvalue weighted by Gasteiger charge is 1.88. The molecule has 0 aromatic rings. The topological polar surface area (TPSA) is 18.5 Å². The summed E-state index contributed by atoms with van der Waals surface area (Å²) in [7, 11) is 0.580. The molecule has 0 aliphatic carbocycles. The minimum absolute atomic E-state index is 0.580. The standard InChI is InChI=1S/C2H2O2P/c1-2-4-5-3-1/h1-2H. The molecule has 1 radical (unpaired) electrons. The van der Waals surface area contributed by atoms with Crippen LogP contribution in [0.3, 0.4) is 0 Å². The van der Waals surface area contributed by atoms with Crippen LogP contribution in [-0.4, -0.2) is 0 Å². The van der Waals surface area contributed by atoms with Gasteiger partial charge in [0.25, 0.3) is 0 Å². The molecule has 3 heteroatoms. The van der Waals surface area contributed by atoms with E-state index in [0.717, 1.165) is 0 Å². The van der Waals surface area contributed by atoms with Gasteiger partial charge in [-0.25, -0.2) is 0 Å². The first-order chi connectivity index (χ1) is 2.50. The van der Waals surface area contributed by atoms with Gasteiger partial charge in [0.05, 0.1) is 0 Å². The Kier molecular flexibility index (Phi) is 0.758. The van der Waals surface area contributed by atoms with Gasteiger partial charge in [-0.3, -0.25) is 0 Å². The Balaban J connectivity index is 2.32. The minimum atomic E-state index is 0.580. The summed E-state index contributed by atoms with van der Waals surface area (Å²) < 4.78 is 9.03. The molecule has 1 rings (SSSR count). The van der Waals surface area contributed by atoms with E-state index in [1.54, 1.807) is 0 Å². The molecule has 0 aromatic heterocycles. The Hall–Kier alpha value is -0.230. The van der Waals surface area contributed by atoms with E-state index in [1.165, 1.54) is 12.5 Å². The Morgan fingerprint density at radius 3 is 2.00 bits per heavy atom. The first-order valence-corrected chi connectivity index (χ1v) is 1.90. The van der Waals surface area contributed by atoms with Crippen molar-refractivity contribution in [2.24, 2.45) is 0 Å². The molecule has 1 heterocycles. The molecule has 0 atom stereocenters. The molecule has 27 valence electrons. The van der Waals surface area contributed by atoms with Crippen molar-refractivity contribution in [3.8, 4) is 0 Å². The molecule has 5 heavy (non-hydrogen) atoms. The summed E-state index contributed by atoms with van der Waals surface area (Å²) >= 11 is 0. The predicted octanol–water partition coefficient (Wildman–Crippen LogP) is 1.28. The van der Waals surface area contributed by atoms with Gasteiger partial charge in [-0.05, 0) is 0 Å². The van der Waals surface area contributed by atoms with Gasteiger partial charge >= 0.3 is 9.03 Å². The third kappa shape index (κ3) is 0.519. The van der Waals surface area contributed by atoms with Gasteiger partial charge in [0.2, 0.25) is 0 Å². The normalized spacial score (nSPS) is 17.6. The molecule has 0 bridgehead atoms. The molecular formula is C2H2O2P. The van der Waals surface area contributed by atoms with Crippen LogP contribution in [0.1, 0.15) is 0 Å². The minimum Gasteiger partial charge on any atom is -0.436 e. The third-order valence-electron chi connectivity index (χ3n) is 0.263. The van der Waals surface area contributed by atoms with Gasteiger partial charge in [-0.2, -0.15) is 0 Å². The van der Waals surface area contributed by atoms with Gasteiger partial charge < -0.3 is 9.05 Å². The van der Waals surface area contributed by atoms with Crippen LogP contribution in [0.4, 0.5) is 0 Å². The lowest BCUT2D eigenvalue weighted by molar-refractivity contribution is 0.505. The lowest BCUT2D eigenvalue weighted by Gasteiger charge is -1.75. The van der Waals surface area contributed by atoms with Gasteiger partial charge in [-0.15, -0.1) is 0 Å². The maximum Gasteiger partial charge on any atom is 0.403 e. The third-order valence-corrected chi connectivity index (χ3v) is 0.679. The predicted molar refractivity (Wildman–Crippen MR) is 18.2 cm³/mol. The van der Waals surface area contributed by atoms with Crippen LogP contribution in [0.2, 0.25) is 0 Å². The van der Waals surface area contributed by atoms with E-state index < -0.39 is 0 Å². The van der Waals surface area contributed by atoms with Gasteiger partial charge in [0.15, 0.2) is 0 Å². The molecule has 0 saturated carbocycles. The summed E-state index contributed by atoms with van der Waals surface area (Å²) in [5.41, 5.74) is 0. The first-order valence-electron chi connectivity index (χ1n) is 1.17. The largest absolute Gasteiger partial charge is 0.436 e. The molecule has 0 fully saturated rings. The van der Waals surface area contributed by atoms with E-state index >= 15 is 0 Å². The second-order valence-corrected chi connectivity index (χ2v) is 1.13. The van der Waals surface area contributed by atoms with Crippen LogP contribution in [0.5, 0.6) is 0 Å². The van der Waals surface area contributed by atoms with Crippen molar-refractivity contribution in [1.82, 2.24) is 0 Å². The summed E-state index contributed by atoms with van der Waals surface area (Å²) in [4.78, 5) is 0. The van der Waals surface area contributed by atoms with E-state index in [-0.39, 0.29) is 0 Å². The first kappa shape index (κ1) is 2.98. The highest BCUT2D eigenvalue weighted by atomic mass is 31.1. The van der Waals surface area contributed by atoms with Crippen LogP contribution in [-0.2, 0) is 9.05 Å². The molecule has 0 unspecified atom stereocenters. The molecule has 1 aliphatic heterocycles. The van der Waals surface area contributed by atoms with E-state index in [2.05, 4.69) is 9.05 Å². The van der Waals surface area contributed by atoms with Crippen molar-refractivity contribution < 1.29 is 9.05 Å². The van der Waals surface area contributed by atoms with Crippen molar-refractivity contribution in [3.63, 3.8) is 0 Å². The van der Waals surface area contributed by atoms with Crippen LogP contribution in [0, 0.1) is 0 Å². The fourth-order valence-corrected chi connectivity index (χ4v) is 0.373. The summed E-state index contributed by atoms with van der Waals surface area (Å²) in [6, 6.07) is 0. The van der Waals surface area contributed by atoms with Gasteiger partial charge in [0.1, 0.15) is 12.5 Å². The van der Waals surface area contributed by atoms with E-state index in [0.29, 0.717) is 9.03 Å². The van der Waals surface area contributed by atoms with Crippen molar-refractivity contribution >= 4 is 9.03 Å². The van der Waals surface area contributed by atoms with Crippen molar-refractivity contribution in [2.75, 3.05) is 0 Å². The Morgan fingerprint density at radius 1 is 1.20 bits per heavy atom. The van der Waals surface area contributed by atoms with Crippen molar-refractivity contribution in [1.29, 1.82) is 0 Å². The van der Waals surface area contributed by atoms with Crippen molar-refractivity contribution in [2.45, 2.75) is 0 Å². The maximum absolute atomic E-state index is 4.51. The Bertz CT molecular complexity index is 45.6. The average Bonchev–Trinajstić information content (AvgIpc) is 1.76. The second kappa shape index (κ2) is 1.27. The molecular weight excluding hydrogens is 87.0 g/mol. The monoisotopic (exact) mass is 89.0 g/mol. The quantitative estimate of drug-likeness (QED) is 0.416. The van der Waals surface area contributed by atoms with Crippen molar-refractivity contribution in [3.05, 3.63) is 12.5 Å². The fourth-order valence-electron chi connectivity index (χ4n) is 0.124. The SMILES string of the molecule is C1=CO[P]O1. The fraction of sp³-hybridized carbons (Fsp3) is 0. The van der Waals surface area contributed by atoms with E-state index in [9.17, 15) is 0 Å². The number of hydrogen-bond acceptors (Lipinski definition) is 2. The number of rotatable bonds is 0. The average molecular weight is 89.0 g/mol. The zero-order valence-electron chi connectivity index (χ0n) is 2.42. The molecule has 1 aliphatic rings. The summed E-state index contributed by atoms with van der Waals surface area (Å²) in [6.45, 7) is 0. The molecule has 0 amide bonds. The zero-order chi connectivity index (χ0) is 3.54. The zero-order valence-corrected chi connectivity index (χ0v) is 3.31. The maximum atomic E-state index is 4.51. The summed E-state index contributed by atoms with van der Waals surface area (Å²) in [6.07, 6.45) is 3.00.